The van der Waals surface area contributed by atoms with Crippen molar-refractivity contribution < 1.29 is 14.3 Å². The Morgan fingerprint density at radius 3 is 2.83 bits per heavy atom. The van der Waals surface area contributed by atoms with Crippen LogP contribution in [0.2, 0.25) is 0 Å². The van der Waals surface area contributed by atoms with E-state index in [1.165, 1.54) is 11.3 Å². The van der Waals surface area contributed by atoms with Crippen LogP contribution in [0.15, 0.2) is 6.07 Å². The van der Waals surface area contributed by atoms with E-state index in [4.69, 9.17) is 15.2 Å². The third kappa shape index (κ3) is 5.03. The molecule has 6 heteroatoms. The highest BCUT2D eigenvalue weighted by molar-refractivity contribution is 7.14. The first kappa shape index (κ1) is 14.9. The standard InChI is InChI=1S/C12H20N2O3S/c1-9-10(13)8-11(18-9)12(15)14-4-3-5-17-7-6-16-2/h8H,3-7,13H2,1-2H3,(H,14,15). The molecule has 1 aromatic heterocycles. The third-order valence-corrected chi connectivity index (χ3v) is 3.43. The first-order valence-electron chi connectivity index (χ1n) is 5.86. The van der Waals surface area contributed by atoms with Gasteiger partial charge in [-0.2, -0.15) is 0 Å². The van der Waals surface area contributed by atoms with Crippen LogP contribution in [-0.4, -0.2) is 39.4 Å². The monoisotopic (exact) mass is 272 g/mol. The van der Waals surface area contributed by atoms with Crippen molar-refractivity contribution >= 4 is 22.9 Å². The summed E-state index contributed by atoms with van der Waals surface area (Å²) in [6.45, 7) is 4.31. The van der Waals surface area contributed by atoms with Gasteiger partial charge in [0.1, 0.15) is 0 Å². The molecule has 0 spiro atoms. The highest BCUT2D eigenvalue weighted by Crippen LogP contribution is 2.22. The van der Waals surface area contributed by atoms with E-state index in [1.807, 2.05) is 6.92 Å². The minimum Gasteiger partial charge on any atom is -0.398 e. The predicted octanol–water partition coefficient (Wildman–Crippen LogP) is 1.42. The summed E-state index contributed by atoms with van der Waals surface area (Å²) < 4.78 is 10.1. The minimum absolute atomic E-state index is 0.0725. The van der Waals surface area contributed by atoms with Gasteiger partial charge in [-0.3, -0.25) is 4.79 Å². The van der Waals surface area contributed by atoms with Gasteiger partial charge in [0.15, 0.2) is 0 Å². The number of nitrogens with one attached hydrogen (secondary N) is 1. The van der Waals surface area contributed by atoms with Crippen molar-refractivity contribution in [1.29, 1.82) is 0 Å². The molecule has 0 fully saturated rings. The highest BCUT2D eigenvalue weighted by Gasteiger charge is 2.09. The maximum Gasteiger partial charge on any atom is 0.261 e. The lowest BCUT2D eigenvalue weighted by molar-refractivity contribution is 0.0688. The number of nitrogens with two attached hydrogens (primary N) is 1. The predicted molar refractivity (Wildman–Crippen MR) is 73.1 cm³/mol. The SMILES string of the molecule is COCCOCCCNC(=O)c1cc(N)c(C)s1. The van der Waals surface area contributed by atoms with Gasteiger partial charge in [-0.15, -0.1) is 11.3 Å². The number of carbonyl (C=O) groups excluding carboxylic acids is 1. The van der Waals surface area contributed by atoms with E-state index < -0.39 is 0 Å². The Morgan fingerprint density at radius 1 is 1.44 bits per heavy atom. The van der Waals surface area contributed by atoms with Crippen LogP contribution in [0.1, 0.15) is 21.0 Å². The summed E-state index contributed by atoms with van der Waals surface area (Å²) in [7, 11) is 1.64. The van der Waals surface area contributed by atoms with Crippen molar-refractivity contribution in [2.45, 2.75) is 13.3 Å². The van der Waals surface area contributed by atoms with Crippen molar-refractivity contribution in [2.75, 3.05) is 39.2 Å². The van der Waals surface area contributed by atoms with E-state index in [0.29, 0.717) is 36.9 Å². The fourth-order valence-electron chi connectivity index (χ4n) is 1.32. The second kappa shape index (κ2) is 8.07. The topological polar surface area (TPSA) is 73.6 Å². The molecule has 1 aromatic rings. The molecule has 0 saturated carbocycles. The van der Waals surface area contributed by atoms with Gasteiger partial charge >= 0.3 is 0 Å². The van der Waals surface area contributed by atoms with Gasteiger partial charge in [0, 0.05) is 30.8 Å². The van der Waals surface area contributed by atoms with Crippen LogP contribution in [0.4, 0.5) is 5.69 Å². The van der Waals surface area contributed by atoms with Crippen LogP contribution in [0.25, 0.3) is 0 Å². The summed E-state index contributed by atoms with van der Waals surface area (Å²) >= 11 is 1.41. The molecule has 0 aliphatic heterocycles. The summed E-state index contributed by atoms with van der Waals surface area (Å²) in [4.78, 5) is 13.4. The lowest BCUT2D eigenvalue weighted by atomic mass is 10.3. The molecule has 1 amide bonds. The molecular weight excluding hydrogens is 252 g/mol. The average Bonchev–Trinajstić information content (AvgIpc) is 2.68. The molecule has 102 valence electrons. The molecule has 18 heavy (non-hydrogen) atoms. The first-order chi connectivity index (χ1) is 8.65. The number of amides is 1. The molecule has 0 aromatic carbocycles. The van der Waals surface area contributed by atoms with Gasteiger partial charge in [-0.1, -0.05) is 0 Å². The van der Waals surface area contributed by atoms with Crippen LogP contribution >= 0.6 is 11.3 Å². The zero-order chi connectivity index (χ0) is 13.4. The molecule has 1 rings (SSSR count). The molecule has 0 aliphatic carbocycles. The molecular formula is C12H20N2O3S. The summed E-state index contributed by atoms with van der Waals surface area (Å²) in [5.74, 6) is -0.0725. The van der Waals surface area contributed by atoms with E-state index in [1.54, 1.807) is 13.2 Å². The van der Waals surface area contributed by atoms with E-state index in [0.717, 1.165) is 11.3 Å². The quantitative estimate of drug-likeness (QED) is 0.702. The van der Waals surface area contributed by atoms with Crippen LogP contribution in [0, 0.1) is 6.92 Å². The number of hydrogen-bond acceptors (Lipinski definition) is 5. The van der Waals surface area contributed by atoms with Crippen molar-refractivity contribution in [3.63, 3.8) is 0 Å². The maximum atomic E-state index is 11.7. The van der Waals surface area contributed by atoms with Crippen molar-refractivity contribution in [3.05, 3.63) is 15.8 Å². The smallest absolute Gasteiger partial charge is 0.261 e. The molecule has 0 bridgehead atoms. The van der Waals surface area contributed by atoms with Gasteiger partial charge in [0.25, 0.3) is 5.91 Å². The zero-order valence-electron chi connectivity index (χ0n) is 10.8. The Hall–Kier alpha value is -1.11. The van der Waals surface area contributed by atoms with Crippen LogP contribution < -0.4 is 11.1 Å². The van der Waals surface area contributed by atoms with E-state index in [2.05, 4.69) is 5.32 Å². The lowest BCUT2D eigenvalue weighted by Gasteiger charge is -2.04. The second-order valence-electron chi connectivity index (χ2n) is 3.84. The summed E-state index contributed by atoms with van der Waals surface area (Å²) in [6, 6.07) is 1.71. The Balaban J connectivity index is 2.14. The normalized spacial score (nSPS) is 10.6. The van der Waals surface area contributed by atoms with Crippen LogP contribution in [-0.2, 0) is 9.47 Å². The molecule has 0 unspecified atom stereocenters. The number of anilines is 1. The Kier molecular flexibility index (Phi) is 6.70. The molecule has 3 N–H and O–H groups in total. The number of nitrogen functional groups attached to an aromatic ring is 1. The number of methoxy groups -OCH3 is 1. The number of hydrogen-bond donors (Lipinski definition) is 2. The van der Waals surface area contributed by atoms with Crippen LogP contribution in [0.3, 0.4) is 0 Å². The van der Waals surface area contributed by atoms with Gasteiger partial charge in [-0.25, -0.2) is 0 Å². The van der Waals surface area contributed by atoms with Gasteiger partial charge < -0.3 is 20.5 Å². The molecule has 0 radical (unpaired) electrons. The van der Waals surface area contributed by atoms with E-state index in [-0.39, 0.29) is 5.91 Å². The number of carbonyl (C=O) groups is 1. The molecule has 1 heterocycles. The van der Waals surface area contributed by atoms with E-state index in [9.17, 15) is 4.79 Å². The fourth-order valence-corrected chi connectivity index (χ4v) is 2.17. The Bertz CT molecular complexity index is 360. The number of thiophene rings is 1. The van der Waals surface area contributed by atoms with Gasteiger partial charge in [-0.05, 0) is 19.4 Å². The maximum absolute atomic E-state index is 11.7. The first-order valence-corrected chi connectivity index (χ1v) is 6.67. The average molecular weight is 272 g/mol. The molecule has 0 atom stereocenters. The van der Waals surface area contributed by atoms with Crippen molar-refractivity contribution in [2.24, 2.45) is 0 Å². The summed E-state index contributed by atoms with van der Waals surface area (Å²) in [6.07, 6.45) is 0.787. The third-order valence-electron chi connectivity index (χ3n) is 2.36. The summed E-state index contributed by atoms with van der Waals surface area (Å²) in [5, 5.41) is 2.84. The largest absolute Gasteiger partial charge is 0.398 e. The summed E-state index contributed by atoms with van der Waals surface area (Å²) in [5.41, 5.74) is 6.37. The number of ether oxygens (including phenoxy) is 2. The number of aryl methyl sites for hydroxylation is 1. The molecule has 5 nitrogen and oxygen atoms in total. The minimum atomic E-state index is -0.0725. The second-order valence-corrected chi connectivity index (χ2v) is 5.09. The van der Waals surface area contributed by atoms with Gasteiger partial charge in [0.05, 0.1) is 18.1 Å². The number of rotatable bonds is 8. The molecule has 0 saturated heterocycles. The molecule has 0 aliphatic rings. The van der Waals surface area contributed by atoms with Crippen molar-refractivity contribution in [1.82, 2.24) is 5.32 Å². The zero-order valence-corrected chi connectivity index (χ0v) is 11.6. The Labute approximate surface area is 111 Å². The van der Waals surface area contributed by atoms with Gasteiger partial charge in [0.2, 0.25) is 0 Å². The lowest BCUT2D eigenvalue weighted by Crippen LogP contribution is -2.24. The van der Waals surface area contributed by atoms with E-state index >= 15 is 0 Å². The fraction of sp³-hybridized carbons (Fsp3) is 0.583. The Morgan fingerprint density at radius 2 is 2.22 bits per heavy atom. The van der Waals surface area contributed by atoms with Crippen molar-refractivity contribution in [3.8, 4) is 0 Å². The highest BCUT2D eigenvalue weighted by atomic mass is 32.1. The van der Waals surface area contributed by atoms with Crippen LogP contribution in [0.5, 0.6) is 0 Å².